The van der Waals surface area contributed by atoms with Gasteiger partial charge in [0.1, 0.15) is 0 Å². The third-order valence-corrected chi connectivity index (χ3v) is 4.86. The van der Waals surface area contributed by atoms with Gasteiger partial charge in [0.2, 0.25) is 0 Å². The van der Waals surface area contributed by atoms with E-state index in [9.17, 15) is 0 Å². The highest BCUT2D eigenvalue weighted by atomic mass is 16.5. The second kappa shape index (κ2) is 5.64. The van der Waals surface area contributed by atoms with Gasteiger partial charge in [0.15, 0.2) is 0 Å². The van der Waals surface area contributed by atoms with Crippen LogP contribution in [0.5, 0.6) is 0 Å². The quantitative estimate of drug-likeness (QED) is 0.896. The van der Waals surface area contributed by atoms with Crippen LogP contribution in [0, 0.1) is 12.8 Å². The van der Waals surface area contributed by atoms with Gasteiger partial charge in [0.25, 0.3) is 0 Å². The van der Waals surface area contributed by atoms with Crippen molar-refractivity contribution in [2.45, 2.75) is 51.1 Å². The summed E-state index contributed by atoms with van der Waals surface area (Å²) in [5.41, 5.74) is 2.87. The molecule has 1 aliphatic carbocycles. The summed E-state index contributed by atoms with van der Waals surface area (Å²) in [5, 5.41) is 3.79. The first-order valence-electron chi connectivity index (χ1n) is 7.62. The van der Waals surface area contributed by atoms with Gasteiger partial charge in [-0.25, -0.2) is 0 Å². The molecule has 104 valence electrons. The number of aryl methyl sites for hydroxylation is 1. The van der Waals surface area contributed by atoms with E-state index in [1.165, 1.54) is 30.4 Å². The smallest absolute Gasteiger partial charge is 0.0509 e. The lowest BCUT2D eigenvalue weighted by molar-refractivity contribution is 0.170. The zero-order chi connectivity index (χ0) is 13.2. The molecular formula is C17H25NO. The minimum atomic E-state index is 0.603. The average molecular weight is 259 g/mol. The molecule has 1 aromatic carbocycles. The summed E-state index contributed by atoms with van der Waals surface area (Å²) >= 11 is 0. The minimum Gasteiger partial charge on any atom is -0.381 e. The fourth-order valence-corrected chi connectivity index (χ4v) is 3.32. The number of benzene rings is 1. The summed E-state index contributed by atoms with van der Waals surface area (Å²) in [6, 6.07) is 10.4. The Bertz CT molecular complexity index is 402. The van der Waals surface area contributed by atoms with E-state index in [2.05, 4.69) is 43.4 Å². The number of nitrogens with one attached hydrogen (secondary N) is 1. The maximum atomic E-state index is 5.47. The highest BCUT2D eigenvalue weighted by Gasteiger charge is 2.33. The van der Waals surface area contributed by atoms with Gasteiger partial charge in [-0.15, -0.1) is 0 Å². The van der Waals surface area contributed by atoms with E-state index in [1.54, 1.807) is 0 Å². The van der Waals surface area contributed by atoms with E-state index < -0.39 is 0 Å². The van der Waals surface area contributed by atoms with Crippen LogP contribution in [-0.4, -0.2) is 25.3 Å². The summed E-state index contributed by atoms with van der Waals surface area (Å²) < 4.78 is 5.47. The lowest BCUT2D eigenvalue weighted by Crippen LogP contribution is -2.47. The molecule has 2 heteroatoms. The van der Waals surface area contributed by atoms with Crippen LogP contribution in [0.15, 0.2) is 24.3 Å². The summed E-state index contributed by atoms with van der Waals surface area (Å²) in [7, 11) is 0. The zero-order valence-electron chi connectivity index (χ0n) is 12.1. The van der Waals surface area contributed by atoms with Crippen LogP contribution in [0.25, 0.3) is 0 Å². The molecule has 0 bridgehead atoms. The number of hydrogen-bond acceptors (Lipinski definition) is 2. The molecule has 0 radical (unpaired) electrons. The number of hydrogen-bond donors (Lipinski definition) is 1. The van der Waals surface area contributed by atoms with Crippen molar-refractivity contribution >= 4 is 0 Å². The lowest BCUT2D eigenvalue weighted by Gasteiger charge is -2.39. The normalized spacial score (nSPS) is 32.0. The SMILES string of the molecule is Cc1ccc(C2CC(NC(C)C3CCOC3)C2)cc1. The molecule has 2 fully saturated rings. The molecule has 1 saturated carbocycles. The van der Waals surface area contributed by atoms with Gasteiger partial charge >= 0.3 is 0 Å². The van der Waals surface area contributed by atoms with E-state index in [4.69, 9.17) is 4.74 Å². The molecule has 0 amide bonds. The van der Waals surface area contributed by atoms with Gasteiger partial charge in [-0.3, -0.25) is 0 Å². The van der Waals surface area contributed by atoms with Gasteiger partial charge in [0, 0.05) is 18.7 Å². The maximum Gasteiger partial charge on any atom is 0.0509 e. The van der Waals surface area contributed by atoms with Gasteiger partial charge in [-0.2, -0.15) is 0 Å². The topological polar surface area (TPSA) is 21.3 Å². The highest BCUT2D eigenvalue weighted by Crippen LogP contribution is 2.37. The van der Waals surface area contributed by atoms with Crippen LogP contribution in [0.2, 0.25) is 0 Å². The molecular weight excluding hydrogens is 234 g/mol. The van der Waals surface area contributed by atoms with Crippen LogP contribution in [0.4, 0.5) is 0 Å². The molecule has 1 aliphatic heterocycles. The fourth-order valence-electron chi connectivity index (χ4n) is 3.32. The third kappa shape index (κ3) is 3.01. The summed E-state index contributed by atoms with van der Waals surface area (Å²) in [6.45, 7) is 6.37. The first-order valence-corrected chi connectivity index (χ1v) is 7.62. The second-order valence-corrected chi connectivity index (χ2v) is 6.35. The Hall–Kier alpha value is -0.860. The Kier molecular flexibility index (Phi) is 3.90. The van der Waals surface area contributed by atoms with Gasteiger partial charge in [0.05, 0.1) is 6.61 Å². The van der Waals surface area contributed by atoms with Crippen molar-refractivity contribution in [3.8, 4) is 0 Å². The molecule has 1 saturated heterocycles. The third-order valence-electron chi connectivity index (χ3n) is 4.86. The van der Waals surface area contributed by atoms with Crippen LogP contribution in [0.3, 0.4) is 0 Å². The first-order chi connectivity index (χ1) is 9.22. The Morgan fingerprint density at radius 3 is 2.58 bits per heavy atom. The van der Waals surface area contributed by atoms with E-state index >= 15 is 0 Å². The summed E-state index contributed by atoms with van der Waals surface area (Å²) in [5.74, 6) is 1.49. The van der Waals surface area contributed by atoms with E-state index in [1.807, 2.05) is 0 Å². The Balaban J connectivity index is 1.46. The lowest BCUT2D eigenvalue weighted by atomic mass is 9.75. The molecule has 1 N–H and O–H groups in total. The van der Waals surface area contributed by atoms with Crippen molar-refractivity contribution in [1.29, 1.82) is 0 Å². The summed E-state index contributed by atoms with van der Waals surface area (Å²) in [6.07, 6.45) is 3.81. The predicted octanol–water partition coefficient (Wildman–Crippen LogP) is 3.26. The molecule has 19 heavy (non-hydrogen) atoms. The van der Waals surface area contributed by atoms with Crippen molar-refractivity contribution < 1.29 is 4.74 Å². The maximum absolute atomic E-state index is 5.47. The van der Waals surface area contributed by atoms with Crippen molar-refractivity contribution in [1.82, 2.24) is 5.32 Å². The molecule has 1 aromatic rings. The fraction of sp³-hybridized carbons (Fsp3) is 0.647. The van der Waals surface area contributed by atoms with Crippen molar-refractivity contribution in [2.24, 2.45) is 5.92 Å². The Labute approximate surface area is 116 Å². The molecule has 2 atom stereocenters. The molecule has 3 rings (SSSR count). The van der Waals surface area contributed by atoms with Crippen LogP contribution in [0.1, 0.15) is 43.2 Å². The molecule has 0 aromatic heterocycles. The van der Waals surface area contributed by atoms with E-state index in [0.717, 1.165) is 25.0 Å². The van der Waals surface area contributed by atoms with E-state index in [-0.39, 0.29) is 0 Å². The molecule has 2 aliphatic rings. The van der Waals surface area contributed by atoms with Crippen molar-refractivity contribution in [2.75, 3.05) is 13.2 Å². The van der Waals surface area contributed by atoms with E-state index in [0.29, 0.717) is 12.1 Å². The zero-order valence-corrected chi connectivity index (χ0v) is 12.1. The van der Waals surface area contributed by atoms with Crippen molar-refractivity contribution in [3.05, 3.63) is 35.4 Å². The average Bonchev–Trinajstić information content (AvgIpc) is 2.88. The Morgan fingerprint density at radius 1 is 1.21 bits per heavy atom. The molecule has 2 unspecified atom stereocenters. The first kappa shape index (κ1) is 13.1. The summed E-state index contributed by atoms with van der Waals surface area (Å²) in [4.78, 5) is 0. The van der Waals surface area contributed by atoms with Gasteiger partial charge in [-0.05, 0) is 50.5 Å². The standard InChI is InChI=1S/C17H25NO/c1-12-3-5-14(6-4-12)16-9-17(10-16)18-13(2)15-7-8-19-11-15/h3-6,13,15-18H,7-11H2,1-2H3. The largest absolute Gasteiger partial charge is 0.381 e. The molecule has 2 nitrogen and oxygen atoms in total. The monoisotopic (exact) mass is 259 g/mol. The number of rotatable bonds is 4. The molecule has 0 spiro atoms. The van der Waals surface area contributed by atoms with Gasteiger partial charge < -0.3 is 10.1 Å². The van der Waals surface area contributed by atoms with Crippen molar-refractivity contribution in [3.63, 3.8) is 0 Å². The van der Waals surface area contributed by atoms with Crippen LogP contribution in [-0.2, 0) is 4.74 Å². The van der Waals surface area contributed by atoms with Gasteiger partial charge in [-0.1, -0.05) is 29.8 Å². The predicted molar refractivity (Wildman–Crippen MR) is 78.5 cm³/mol. The highest BCUT2D eigenvalue weighted by molar-refractivity contribution is 5.26. The van der Waals surface area contributed by atoms with Crippen LogP contribution >= 0.6 is 0 Å². The Morgan fingerprint density at radius 2 is 1.95 bits per heavy atom. The molecule has 1 heterocycles. The van der Waals surface area contributed by atoms with Crippen LogP contribution < -0.4 is 5.32 Å². The minimum absolute atomic E-state index is 0.603. The number of ether oxygens (including phenoxy) is 1. The second-order valence-electron chi connectivity index (χ2n) is 6.35.